The molecule has 0 saturated carbocycles. The summed E-state index contributed by atoms with van der Waals surface area (Å²) < 4.78 is 14.9. The topological polar surface area (TPSA) is 88.7 Å². The molecule has 3 aliphatic rings. The molecule has 2 atom stereocenters. The molecule has 1 fully saturated rings. The number of anilines is 1. The quantitative estimate of drug-likeness (QED) is 0.462. The second-order valence-electron chi connectivity index (χ2n) is 10.1. The van der Waals surface area contributed by atoms with Gasteiger partial charge in [0, 0.05) is 42.9 Å². The van der Waals surface area contributed by atoms with Gasteiger partial charge in [0.2, 0.25) is 0 Å². The molecule has 3 aromatic rings. The number of likely N-dealkylation sites (tertiary alicyclic amines) is 1. The summed E-state index contributed by atoms with van der Waals surface area (Å²) in [7, 11) is 0. The number of rotatable bonds is 6. The predicted octanol–water partition coefficient (Wildman–Crippen LogP) is 3.12. The van der Waals surface area contributed by atoms with E-state index in [2.05, 4.69) is 15.2 Å². The number of carbonyl (C=O) groups is 1. The van der Waals surface area contributed by atoms with E-state index in [0.717, 1.165) is 66.7 Å². The number of phenolic OH excluding ortho intramolecular Hbond substituents is 1. The molecular weight excluding hydrogens is 459 g/mol. The normalized spacial score (nSPS) is 21.8. The van der Waals surface area contributed by atoms with Crippen LogP contribution in [0, 0.1) is 5.82 Å². The monoisotopic (exact) mass is 488 g/mol. The molecule has 0 spiro atoms. The minimum atomic E-state index is -0.330. The van der Waals surface area contributed by atoms with Crippen molar-refractivity contribution >= 4 is 28.8 Å². The first-order valence-electron chi connectivity index (χ1n) is 12.5. The Kier molecular flexibility index (Phi) is 5.85. The van der Waals surface area contributed by atoms with Gasteiger partial charge in [-0.05, 0) is 61.1 Å². The van der Waals surface area contributed by atoms with E-state index in [0.29, 0.717) is 24.5 Å². The molecule has 3 N–H and O–H groups in total. The maximum Gasteiger partial charge on any atom is 0.259 e. The summed E-state index contributed by atoms with van der Waals surface area (Å²) in [6.07, 6.45) is 6.67. The first kappa shape index (κ1) is 22.9. The van der Waals surface area contributed by atoms with Crippen LogP contribution < -0.4 is 15.8 Å². The third kappa shape index (κ3) is 4.00. The Labute approximate surface area is 208 Å². The van der Waals surface area contributed by atoms with Gasteiger partial charge in [0.05, 0.1) is 11.1 Å². The maximum absolute atomic E-state index is 14.9. The number of carbonyl (C=O) groups excluding carboxylic acids is 1. The van der Waals surface area contributed by atoms with Crippen molar-refractivity contribution in [2.24, 2.45) is 0 Å². The summed E-state index contributed by atoms with van der Waals surface area (Å²) in [6, 6.07) is 10.3. The van der Waals surface area contributed by atoms with Crippen molar-refractivity contribution in [3.63, 3.8) is 0 Å². The van der Waals surface area contributed by atoms with Crippen LogP contribution in [0.25, 0.3) is 16.8 Å². The first-order chi connectivity index (χ1) is 17.5. The smallest absolute Gasteiger partial charge is 0.259 e. The number of pyridine rings is 1. The van der Waals surface area contributed by atoms with Crippen LogP contribution in [0.1, 0.15) is 35.6 Å². The minimum Gasteiger partial charge on any atom is -0.507 e. The molecular formula is C28H29FN4O3. The fourth-order valence-corrected chi connectivity index (χ4v) is 6.05. The van der Waals surface area contributed by atoms with E-state index >= 15 is 0 Å². The van der Waals surface area contributed by atoms with Crippen LogP contribution in [-0.2, 0) is 11.3 Å². The maximum atomic E-state index is 14.9. The van der Waals surface area contributed by atoms with Crippen molar-refractivity contribution < 1.29 is 14.3 Å². The highest BCUT2D eigenvalue weighted by Gasteiger charge is 2.38. The van der Waals surface area contributed by atoms with Crippen LogP contribution >= 0.6 is 0 Å². The lowest BCUT2D eigenvalue weighted by Gasteiger charge is -2.34. The van der Waals surface area contributed by atoms with Crippen LogP contribution in [0.5, 0.6) is 5.75 Å². The minimum absolute atomic E-state index is 0.00991. The predicted molar refractivity (Wildman–Crippen MR) is 138 cm³/mol. The average molecular weight is 489 g/mol. The fourth-order valence-electron chi connectivity index (χ4n) is 6.05. The number of aromatic amines is 1. The molecule has 8 heteroatoms. The van der Waals surface area contributed by atoms with Gasteiger partial charge in [-0.3, -0.25) is 4.79 Å². The molecule has 36 heavy (non-hydrogen) atoms. The lowest BCUT2D eigenvalue weighted by Crippen LogP contribution is -2.44. The van der Waals surface area contributed by atoms with E-state index < -0.39 is 0 Å². The molecule has 7 nitrogen and oxygen atoms in total. The highest BCUT2D eigenvalue weighted by molar-refractivity contribution is 5.87. The molecule has 0 aliphatic carbocycles. The van der Waals surface area contributed by atoms with E-state index in [1.165, 1.54) is 6.07 Å². The largest absolute Gasteiger partial charge is 0.507 e. The number of aromatic nitrogens is 1. The molecule has 0 amide bonds. The third-order valence-electron chi connectivity index (χ3n) is 7.83. The highest BCUT2D eigenvalue weighted by atomic mass is 19.1. The number of nitrogens with one attached hydrogen (secondary N) is 2. The van der Waals surface area contributed by atoms with Crippen molar-refractivity contribution in [3.8, 4) is 5.75 Å². The number of phenols is 1. The molecule has 3 aliphatic heterocycles. The second-order valence-corrected chi connectivity index (χ2v) is 10.1. The molecule has 1 aromatic heterocycles. The lowest BCUT2D eigenvalue weighted by molar-refractivity contribution is -0.108. The number of benzene rings is 2. The van der Waals surface area contributed by atoms with Crippen molar-refractivity contribution in [2.75, 3.05) is 31.1 Å². The van der Waals surface area contributed by atoms with Gasteiger partial charge in [-0.2, -0.15) is 0 Å². The zero-order valence-electron chi connectivity index (χ0n) is 19.9. The van der Waals surface area contributed by atoms with E-state index in [9.17, 15) is 19.1 Å². The van der Waals surface area contributed by atoms with Gasteiger partial charge in [0.25, 0.3) is 5.56 Å². The third-order valence-corrected chi connectivity index (χ3v) is 7.83. The van der Waals surface area contributed by atoms with Crippen molar-refractivity contribution in [1.82, 2.24) is 15.2 Å². The van der Waals surface area contributed by atoms with Crippen molar-refractivity contribution in [3.05, 3.63) is 75.5 Å². The standard InChI is InChI=1S/C28H29FN4O3/c29-23-7-5-17-4-6-22(16-34)33-15-19(25(23)27(17)33)14-32-10-8-20(9-11-32)30-13-21-12-18-2-1-3-24(35)26(18)28(36)31-21/h1-7,12,16,19-20,22,30,35H,8-11,13-15H2,(H,31,36). The number of fused-ring (bicyclic) bond motifs is 1. The van der Waals surface area contributed by atoms with Crippen molar-refractivity contribution in [1.29, 1.82) is 0 Å². The Morgan fingerprint density at radius 2 is 2.03 bits per heavy atom. The van der Waals surface area contributed by atoms with Crippen LogP contribution in [-0.4, -0.2) is 59.5 Å². The summed E-state index contributed by atoms with van der Waals surface area (Å²) in [5.41, 5.74) is 3.12. The van der Waals surface area contributed by atoms with E-state index in [1.54, 1.807) is 18.2 Å². The molecule has 2 unspecified atom stereocenters. The van der Waals surface area contributed by atoms with Gasteiger partial charge in [-0.15, -0.1) is 0 Å². The van der Waals surface area contributed by atoms with Gasteiger partial charge < -0.3 is 30.0 Å². The molecule has 186 valence electrons. The number of H-pyrrole nitrogens is 1. The zero-order chi connectivity index (χ0) is 24.8. The Bertz CT molecular complexity index is 1410. The Hall–Kier alpha value is -3.49. The average Bonchev–Trinajstić information content (AvgIpc) is 3.26. The lowest BCUT2D eigenvalue weighted by atomic mass is 9.95. The molecule has 0 bridgehead atoms. The van der Waals surface area contributed by atoms with Gasteiger partial charge in [0.15, 0.2) is 0 Å². The number of hydrogen-bond acceptors (Lipinski definition) is 6. The zero-order valence-corrected chi connectivity index (χ0v) is 19.9. The highest BCUT2D eigenvalue weighted by Crippen LogP contribution is 2.44. The number of aromatic hydroxyl groups is 1. The van der Waals surface area contributed by atoms with Gasteiger partial charge in [0.1, 0.15) is 23.9 Å². The van der Waals surface area contributed by atoms with E-state index in [-0.39, 0.29) is 29.1 Å². The van der Waals surface area contributed by atoms with Crippen LogP contribution in [0.3, 0.4) is 0 Å². The Morgan fingerprint density at radius 3 is 2.83 bits per heavy atom. The number of piperidine rings is 1. The molecule has 2 aromatic carbocycles. The van der Waals surface area contributed by atoms with Crippen molar-refractivity contribution in [2.45, 2.75) is 37.4 Å². The SMILES string of the molecule is O=CC1C=Cc2ccc(F)c3c2N1CC3CN1CCC(NCc2cc3cccc(O)c3c(=O)[nH]2)CC1. The second kappa shape index (κ2) is 9.19. The Balaban J connectivity index is 1.08. The number of hydrogen-bond donors (Lipinski definition) is 3. The summed E-state index contributed by atoms with van der Waals surface area (Å²) in [4.78, 5) is 31.3. The van der Waals surface area contributed by atoms with Gasteiger partial charge in [-0.1, -0.05) is 24.3 Å². The number of halogens is 1. The number of nitrogens with zero attached hydrogens (tertiary/aromatic N) is 2. The molecule has 4 heterocycles. The summed E-state index contributed by atoms with van der Waals surface area (Å²) in [5, 5.41) is 14.6. The number of aldehydes is 1. The van der Waals surface area contributed by atoms with Crippen LogP contribution in [0.15, 0.2) is 47.3 Å². The van der Waals surface area contributed by atoms with E-state index in [4.69, 9.17) is 0 Å². The molecule has 6 rings (SSSR count). The first-order valence-corrected chi connectivity index (χ1v) is 12.5. The molecule has 0 radical (unpaired) electrons. The summed E-state index contributed by atoms with van der Waals surface area (Å²) in [6.45, 7) is 3.78. The fraction of sp³-hybridized carbons (Fsp3) is 0.357. The summed E-state index contributed by atoms with van der Waals surface area (Å²) in [5.74, 6) is -0.161. The van der Waals surface area contributed by atoms with Crippen LogP contribution in [0.4, 0.5) is 10.1 Å². The van der Waals surface area contributed by atoms with Crippen LogP contribution in [0.2, 0.25) is 0 Å². The Morgan fingerprint density at radius 1 is 1.19 bits per heavy atom. The summed E-state index contributed by atoms with van der Waals surface area (Å²) >= 11 is 0. The van der Waals surface area contributed by atoms with Gasteiger partial charge >= 0.3 is 0 Å². The van der Waals surface area contributed by atoms with Gasteiger partial charge in [-0.25, -0.2) is 4.39 Å². The van der Waals surface area contributed by atoms with E-state index in [1.807, 2.05) is 29.2 Å². The molecule has 1 saturated heterocycles.